The predicted octanol–water partition coefficient (Wildman–Crippen LogP) is 3.44. The van der Waals surface area contributed by atoms with E-state index in [-0.39, 0.29) is 5.54 Å². The Morgan fingerprint density at radius 1 is 1.38 bits per heavy atom. The van der Waals surface area contributed by atoms with Gasteiger partial charge in [-0.3, -0.25) is 5.32 Å². The Balaban J connectivity index is 3.81. The Hall–Kier alpha value is -0.200. The van der Waals surface area contributed by atoms with Crippen LogP contribution in [0.3, 0.4) is 0 Å². The van der Waals surface area contributed by atoms with Gasteiger partial charge in [0.25, 0.3) is 0 Å². The fourth-order valence-corrected chi connectivity index (χ4v) is 2.68. The Morgan fingerprint density at radius 3 is 2.50 bits per heavy atom. The van der Waals surface area contributed by atoms with E-state index in [4.69, 9.17) is 0 Å². The highest BCUT2D eigenvalue weighted by Crippen LogP contribution is 2.19. The summed E-state index contributed by atoms with van der Waals surface area (Å²) >= 11 is 2.00. The van der Waals surface area contributed by atoms with E-state index >= 15 is 0 Å². The fraction of sp³-hybridized carbons (Fsp3) is 0.923. The smallest absolute Gasteiger partial charge is 0.106 e. The van der Waals surface area contributed by atoms with Crippen LogP contribution in [0.15, 0.2) is 0 Å². The van der Waals surface area contributed by atoms with Crippen LogP contribution in [0, 0.1) is 17.2 Å². The third kappa shape index (κ3) is 6.40. The summed E-state index contributed by atoms with van der Waals surface area (Å²) in [4.78, 5) is 0. The topological polar surface area (TPSA) is 35.8 Å². The van der Waals surface area contributed by atoms with Gasteiger partial charge in [0.2, 0.25) is 0 Å². The maximum absolute atomic E-state index is 9.23. The summed E-state index contributed by atoms with van der Waals surface area (Å²) in [5.74, 6) is 3.17. The molecule has 1 N–H and O–H groups in total. The molecule has 0 aromatic carbocycles. The average molecular weight is 242 g/mol. The molecule has 0 bridgehead atoms. The van der Waals surface area contributed by atoms with Crippen molar-refractivity contribution in [1.29, 1.82) is 5.26 Å². The molecule has 1 atom stereocenters. The van der Waals surface area contributed by atoms with Gasteiger partial charge in [-0.1, -0.05) is 27.7 Å². The molecule has 0 heterocycles. The highest BCUT2D eigenvalue weighted by Gasteiger charge is 2.25. The molecule has 0 spiro atoms. The van der Waals surface area contributed by atoms with Gasteiger partial charge in [-0.2, -0.15) is 17.0 Å². The number of nitrogens with one attached hydrogen (secondary N) is 1. The second kappa shape index (κ2) is 8.90. The van der Waals surface area contributed by atoms with Crippen LogP contribution in [0.4, 0.5) is 0 Å². The maximum Gasteiger partial charge on any atom is 0.106 e. The van der Waals surface area contributed by atoms with E-state index < -0.39 is 0 Å². The molecule has 0 aliphatic heterocycles. The van der Waals surface area contributed by atoms with Gasteiger partial charge < -0.3 is 0 Å². The van der Waals surface area contributed by atoms with Crippen molar-refractivity contribution >= 4 is 11.8 Å². The minimum absolute atomic E-state index is 0.285. The number of nitriles is 1. The average Bonchev–Trinajstić information content (AvgIpc) is 2.27. The standard InChI is InChI=1S/C13H26N2S/c1-5-13(11-14,15-6-2)8-7-9-16-10-12(3)4/h12,15H,5-10H2,1-4H3. The molecule has 3 heteroatoms. The first-order valence-corrected chi connectivity index (χ1v) is 7.49. The van der Waals surface area contributed by atoms with Crippen molar-refractivity contribution in [1.82, 2.24) is 5.32 Å². The Kier molecular flexibility index (Phi) is 8.78. The zero-order valence-electron chi connectivity index (χ0n) is 11.2. The number of hydrogen-bond donors (Lipinski definition) is 1. The van der Waals surface area contributed by atoms with Crippen LogP contribution in [0.25, 0.3) is 0 Å². The minimum atomic E-state index is -0.285. The van der Waals surface area contributed by atoms with Crippen LogP contribution >= 0.6 is 11.8 Å². The van der Waals surface area contributed by atoms with E-state index in [1.54, 1.807) is 0 Å². The zero-order valence-corrected chi connectivity index (χ0v) is 12.0. The first-order chi connectivity index (χ1) is 7.60. The van der Waals surface area contributed by atoms with Gasteiger partial charge >= 0.3 is 0 Å². The summed E-state index contributed by atoms with van der Waals surface area (Å²) in [7, 11) is 0. The van der Waals surface area contributed by atoms with Crippen molar-refractivity contribution in [2.24, 2.45) is 5.92 Å². The van der Waals surface area contributed by atoms with Gasteiger partial charge in [-0.05, 0) is 43.2 Å². The second-order valence-corrected chi connectivity index (χ2v) is 5.80. The van der Waals surface area contributed by atoms with E-state index in [9.17, 15) is 5.26 Å². The third-order valence-electron chi connectivity index (χ3n) is 2.68. The van der Waals surface area contributed by atoms with E-state index in [1.807, 2.05) is 11.8 Å². The largest absolute Gasteiger partial charge is 0.300 e. The number of nitrogens with zero attached hydrogens (tertiary/aromatic N) is 1. The van der Waals surface area contributed by atoms with Crippen LogP contribution in [-0.4, -0.2) is 23.6 Å². The second-order valence-electron chi connectivity index (χ2n) is 4.65. The lowest BCUT2D eigenvalue weighted by atomic mass is 9.92. The lowest BCUT2D eigenvalue weighted by Gasteiger charge is -2.25. The summed E-state index contributed by atoms with van der Waals surface area (Å²) in [6.45, 7) is 9.53. The van der Waals surface area contributed by atoms with E-state index in [0.29, 0.717) is 0 Å². The minimum Gasteiger partial charge on any atom is -0.300 e. The van der Waals surface area contributed by atoms with Crippen LogP contribution in [0.5, 0.6) is 0 Å². The Bertz CT molecular complexity index is 210. The molecule has 0 aliphatic carbocycles. The van der Waals surface area contributed by atoms with Gasteiger partial charge in [0.1, 0.15) is 5.54 Å². The number of rotatable bonds is 9. The monoisotopic (exact) mass is 242 g/mol. The first-order valence-electron chi connectivity index (χ1n) is 6.34. The van der Waals surface area contributed by atoms with Crippen molar-refractivity contribution in [3.8, 4) is 6.07 Å². The molecule has 1 unspecified atom stereocenters. The van der Waals surface area contributed by atoms with Crippen molar-refractivity contribution in [2.75, 3.05) is 18.1 Å². The first kappa shape index (κ1) is 15.8. The van der Waals surface area contributed by atoms with E-state index in [2.05, 4.69) is 39.1 Å². The molecule has 0 amide bonds. The van der Waals surface area contributed by atoms with Crippen LogP contribution in [0.1, 0.15) is 47.0 Å². The summed E-state index contributed by atoms with van der Waals surface area (Å²) in [6, 6.07) is 2.45. The molecule has 0 radical (unpaired) electrons. The summed E-state index contributed by atoms with van der Waals surface area (Å²) in [5.41, 5.74) is -0.285. The van der Waals surface area contributed by atoms with Gasteiger partial charge in [-0.15, -0.1) is 0 Å². The number of hydrogen-bond acceptors (Lipinski definition) is 3. The summed E-state index contributed by atoms with van der Waals surface area (Å²) < 4.78 is 0. The van der Waals surface area contributed by atoms with Crippen molar-refractivity contribution in [3.63, 3.8) is 0 Å². The van der Waals surface area contributed by atoms with E-state index in [1.165, 1.54) is 11.5 Å². The molecule has 16 heavy (non-hydrogen) atoms. The molecule has 94 valence electrons. The molecule has 0 saturated heterocycles. The highest BCUT2D eigenvalue weighted by molar-refractivity contribution is 7.99. The molecule has 0 aromatic rings. The maximum atomic E-state index is 9.23. The molecule has 2 nitrogen and oxygen atoms in total. The zero-order chi connectivity index (χ0) is 12.4. The van der Waals surface area contributed by atoms with Crippen molar-refractivity contribution in [3.05, 3.63) is 0 Å². The van der Waals surface area contributed by atoms with Crippen LogP contribution < -0.4 is 5.32 Å². The quantitative estimate of drug-likeness (QED) is 0.629. The highest BCUT2D eigenvalue weighted by atomic mass is 32.2. The Morgan fingerprint density at radius 2 is 2.06 bits per heavy atom. The molecule has 0 rings (SSSR count). The number of thioether (sulfide) groups is 1. The normalized spacial score (nSPS) is 14.8. The van der Waals surface area contributed by atoms with E-state index in [0.717, 1.165) is 31.7 Å². The van der Waals surface area contributed by atoms with Crippen molar-refractivity contribution in [2.45, 2.75) is 52.5 Å². The summed E-state index contributed by atoms with van der Waals surface area (Å²) in [6.07, 6.45) is 3.00. The van der Waals surface area contributed by atoms with Crippen LogP contribution in [0.2, 0.25) is 0 Å². The lowest BCUT2D eigenvalue weighted by Crippen LogP contribution is -2.43. The van der Waals surface area contributed by atoms with Gasteiger partial charge in [0, 0.05) is 0 Å². The Labute approximate surface area is 105 Å². The third-order valence-corrected chi connectivity index (χ3v) is 4.16. The van der Waals surface area contributed by atoms with Gasteiger partial charge in [-0.25, -0.2) is 0 Å². The van der Waals surface area contributed by atoms with Gasteiger partial charge in [0.05, 0.1) is 6.07 Å². The fourth-order valence-electron chi connectivity index (χ4n) is 1.70. The van der Waals surface area contributed by atoms with Gasteiger partial charge in [0.15, 0.2) is 0 Å². The molecule has 0 aromatic heterocycles. The molecule has 0 saturated carbocycles. The SMILES string of the molecule is CCNC(C#N)(CC)CCCSCC(C)C. The molecule has 0 fully saturated rings. The van der Waals surface area contributed by atoms with Crippen LogP contribution in [-0.2, 0) is 0 Å². The predicted molar refractivity (Wildman–Crippen MR) is 73.7 cm³/mol. The van der Waals surface area contributed by atoms with Crippen molar-refractivity contribution < 1.29 is 0 Å². The molecular weight excluding hydrogens is 216 g/mol. The molecule has 0 aliphatic rings. The molecular formula is C13H26N2S. The lowest BCUT2D eigenvalue weighted by molar-refractivity contribution is 0.379. The summed E-state index contributed by atoms with van der Waals surface area (Å²) in [5, 5.41) is 12.6.